The van der Waals surface area contributed by atoms with Crippen molar-refractivity contribution in [2.45, 2.75) is 78.2 Å². The van der Waals surface area contributed by atoms with Crippen LogP contribution in [-0.4, -0.2) is 68.9 Å². The second kappa shape index (κ2) is 8.93. The molecule has 3 aliphatic rings. The maximum absolute atomic E-state index is 13.5. The van der Waals surface area contributed by atoms with Gasteiger partial charge in [0.2, 0.25) is 5.54 Å². The van der Waals surface area contributed by atoms with E-state index in [1.54, 1.807) is 19.9 Å². The summed E-state index contributed by atoms with van der Waals surface area (Å²) < 4.78 is 17.6. The van der Waals surface area contributed by atoms with E-state index < -0.39 is 25.8 Å². The first-order chi connectivity index (χ1) is 15.3. The number of fused-ring (bicyclic) bond motifs is 3. The van der Waals surface area contributed by atoms with Gasteiger partial charge in [-0.1, -0.05) is 34.6 Å². The smallest absolute Gasteiger partial charge is 0.338 e. The summed E-state index contributed by atoms with van der Waals surface area (Å²) in [5.74, 6) is -1.70. The van der Waals surface area contributed by atoms with Crippen molar-refractivity contribution in [2.75, 3.05) is 26.4 Å². The van der Waals surface area contributed by atoms with Crippen molar-refractivity contribution in [3.05, 3.63) is 11.6 Å². The van der Waals surface area contributed by atoms with E-state index in [2.05, 4.69) is 33.9 Å². The van der Waals surface area contributed by atoms with E-state index in [4.69, 9.17) is 13.9 Å². The van der Waals surface area contributed by atoms with Gasteiger partial charge in [-0.05, 0) is 43.6 Å². The van der Waals surface area contributed by atoms with E-state index in [1.807, 2.05) is 18.7 Å². The van der Waals surface area contributed by atoms with Crippen LogP contribution >= 0.6 is 0 Å². The number of nitrogens with zero attached hydrogens (tertiary/aromatic N) is 1. The van der Waals surface area contributed by atoms with Crippen LogP contribution in [0.1, 0.15) is 48.5 Å². The van der Waals surface area contributed by atoms with Crippen LogP contribution in [0.3, 0.4) is 0 Å². The van der Waals surface area contributed by atoms with E-state index >= 15 is 0 Å². The highest BCUT2D eigenvalue weighted by Crippen LogP contribution is 2.56. The number of allylic oxidation sites excluding steroid dienone is 1. The minimum absolute atomic E-state index is 0.0290. The Morgan fingerprint density at radius 2 is 1.67 bits per heavy atom. The van der Waals surface area contributed by atoms with Gasteiger partial charge in [0.15, 0.2) is 14.1 Å². The van der Waals surface area contributed by atoms with Gasteiger partial charge in [0, 0.05) is 42.9 Å². The van der Waals surface area contributed by atoms with Crippen LogP contribution in [0.2, 0.25) is 18.1 Å². The van der Waals surface area contributed by atoms with E-state index in [9.17, 15) is 14.4 Å². The van der Waals surface area contributed by atoms with Gasteiger partial charge in [0.05, 0.1) is 13.2 Å². The summed E-state index contributed by atoms with van der Waals surface area (Å²) in [4.78, 5) is 41.6. The number of ketones is 1. The Balaban J connectivity index is 2.09. The Morgan fingerprint density at radius 3 is 2.15 bits per heavy atom. The first kappa shape index (κ1) is 26.1. The van der Waals surface area contributed by atoms with E-state index in [1.165, 1.54) is 0 Å². The van der Waals surface area contributed by atoms with Gasteiger partial charge in [0.1, 0.15) is 0 Å². The number of rotatable bonds is 7. The standard InChI is InChI=1S/C25H41NO6Si/c1-10-30-22(28)25(23(29)31-11-2)16(4)18(14-32-33(8,9)24(5,6)7)21-20-15(3)19(27)12-17(20)13-26(21)25/h12,15-16,18,20-21H,10-11,13-14H2,1-9H3/t15-,16+,18+,20+,21-/m0/s1. The van der Waals surface area contributed by atoms with Crippen LogP contribution in [0.25, 0.3) is 0 Å². The highest BCUT2D eigenvalue weighted by Gasteiger charge is 2.71. The average Bonchev–Trinajstić information content (AvgIpc) is 3.26. The summed E-state index contributed by atoms with van der Waals surface area (Å²) in [7, 11) is -2.07. The molecule has 5 atom stereocenters. The predicted octanol–water partition coefficient (Wildman–Crippen LogP) is 3.58. The summed E-state index contributed by atoms with van der Waals surface area (Å²) in [5.41, 5.74) is -0.536. The zero-order valence-corrected chi connectivity index (χ0v) is 22.7. The molecule has 0 aromatic carbocycles. The van der Waals surface area contributed by atoms with Crippen LogP contribution in [0, 0.1) is 23.7 Å². The van der Waals surface area contributed by atoms with Crippen molar-refractivity contribution in [1.82, 2.24) is 4.90 Å². The van der Waals surface area contributed by atoms with E-state index in [0.29, 0.717) is 13.2 Å². The number of ether oxygens (including phenoxy) is 2. The van der Waals surface area contributed by atoms with E-state index in [0.717, 1.165) is 5.57 Å². The van der Waals surface area contributed by atoms with Crippen LogP contribution in [0.5, 0.6) is 0 Å². The third kappa shape index (κ3) is 3.92. The molecule has 0 aromatic heterocycles. The summed E-state index contributed by atoms with van der Waals surface area (Å²) in [6.45, 7) is 19.6. The first-order valence-electron chi connectivity index (χ1n) is 12.2. The molecule has 0 N–H and O–H groups in total. The number of carbonyl (C=O) groups excluding carboxylic acids is 3. The molecule has 3 rings (SSSR count). The number of carbonyl (C=O) groups is 3. The second-order valence-corrected chi connectivity index (χ2v) is 16.1. The van der Waals surface area contributed by atoms with Crippen LogP contribution < -0.4 is 0 Å². The summed E-state index contributed by atoms with van der Waals surface area (Å²) in [6.07, 6.45) is 1.71. The fourth-order valence-electron chi connectivity index (χ4n) is 5.73. The van der Waals surface area contributed by atoms with Gasteiger partial charge < -0.3 is 13.9 Å². The highest BCUT2D eigenvalue weighted by molar-refractivity contribution is 6.74. The maximum Gasteiger partial charge on any atom is 0.338 e. The largest absolute Gasteiger partial charge is 0.464 e. The van der Waals surface area contributed by atoms with Gasteiger partial charge in [-0.2, -0.15) is 0 Å². The summed E-state index contributed by atoms with van der Waals surface area (Å²) >= 11 is 0. The molecule has 33 heavy (non-hydrogen) atoms. The lowest BCUT2D eigenvalue weighted by molar-refractivity contribution is -0.176. The molecule has 0 saturated carbocycles. The van der Waals surface area contributed by atoms with Crippen LogP contribution in [0.4, 0.5) is 0 Å². The third-order valence-corrected chi connectivity index (χ3v) is 13.1. The maximum atomic E-state index is 13.5. The Bertz CT molecular complexity index is 826. The second-order valence-electron chi connectivity index (χ2n) is 11.3. The highest BCUT2D eigenvalue weighted by atomic mass is 28.4. The zero-order valence-electron chi connectivity index (χ0n) is 21.7. The van der Waals surface area contributed by atoms with E-state index in [-0.39, 0.29) is 53.7 Å². The molecule has 0 bridgehead atoms. The molecule has 2 fully saturated rings. The molecule has 0 unspecified atom stereocenters. The molecular formula is C25H41NO6Si. The topological polar surface area (TPSA) is 82.1 Å². The molecule has 0 spiro atoms. The lowest BCUT2D eigenvalue weighted by Gasteiger charge is -2.38. The van der Waals surface area contributed by atoms with Gasteiger partial charge >= 0.3 is 11.9 Å². The molecule has 2 saturated heterocycles. The van der Waals surface area contributed by atoms with Crippen LogP contribution in [0.15, 0.2) is 11.6 Å². The molecule has 2 aliphatic heterocycles. The summed E-state index contributed by atoms with van der Waals surface area (Å²) in [5, 5.41) is 0.0330. The molecule has 0 amide bonds. The fourth-order valence-corrected chi connectivity index (χ4v) is 6.77. The van der Waals surface area contributed by atoms with Gasteiger partial charge in [-0.15, -0.1) is 0 Å². The molecule has 0 radical (unpaired) electrons. The molecule has 0 aromatic rings. The number of esters is 2. The average molecular weight is 480 g/mol. The van der Waals surface area contributed by atoms with Gasteiger partial charge in [-0.25, -0.2) is 9.59 Å². The lowest BCUT2D eigenvalue weighted by atomic mass is 9.75. The quantitative estimate of drug-likeness (QED) is 0.313. The molecule has 186 valence electrons. The Morgan fingerprint density at radius 1 is 1.12 bits per heavy atom. The summed E-state index contributed by atoms with van der Waals surface area (Å²) in [6, 6.07) is -0.161. The minimum atomic E-state index is -2.07. The van der Waals surface area contributed by atoms with Crippen molar-refractivity contribution in [1.29, 1.82) is 0 Å². The fraction of sp³-hybridized carbons (Fsp3) is 0.800. The lowest BCUT2D eigenvalue weighted by Crippen LogP contribution is -2.61. The predicted molar refractivity (Wildman–Crippen MR) is 128 cm³/mol. The van der Waals surface area contributed by atoms with Crippen LogP contribution in [-0.2, 0) is 28.3 Å². The normalized spacial score (nSPS) is 31.2. The van der Waals surface area contributed by atoms with Crippen molar-refractivity contribution in [3.8, 4) is 0 Å². The van der Waals surface area contributed by atoms with Crippen molar-refractivity contribution in [2.24, 2.45) is 23.7 Å². The van der Waals surface area contributed by atoms with Gasteiger partial charge in [-0.3, -0.25) is 9.69 Å². The third-order valence-electron chi connectivity index (χ3n) is 8.63. The molecular weight excluding hydrogens is 438 g/mol. The Hall–Kier alpha value is -1.51. The zero-order chi connectivity index (χ0) is 24.9. The van der Waals surface area contributed by atoms with Gasteiger partial charge in [0.25, 0.3) is 0 Å². The Labute approximate surface area is 199 Å². The first-order valence-corrected chi connectivity index (χ1v) is 15.2. The molecule has 8 heteroatoms. The molecule has 7 nitrogen and oxygen atoms in total. The molecule has 2 heterocycles. The number of hydrogen-bond donors (Lipinski definition) is 0. The SMILES string of the molecule is CCOC(=O)C1(C(=O)OCC)[C@H](C)[C@@H](CO[Si](C)(C)C(C)(C)C)[C@H]2[C@H]3C(=CC(=O)[C@@H]3C)CN21. The molecule has 1 aliphatic carbocycles. The monoisotopic (exact) mass is 479 g/mol. The Kier molecular flexibility index (Phi) is 7.06. The number of hydrogen-bond acceptors (Lipinski definition) is 7. The van der Waals surface area contributed by atoms with Crippen molar-refractivity contribution < 1.29 is 28.3 Å². The van der Waals surface area contributed by atoms with Crippen molar-refractivity contribution >= 4 is 26.0 Å². The van der Waals surface area contributed by atoms with Crippen molar-refractivity contribution in [3.63, 3.8) is 0 Å². The minimum Gasteiger partial charge on any atom is -0.464 e.